The largest absolute Gasteiger partial charge is 0.434 e. The Morgan fingerprint density at radius 2 is 2.03 bits per heavy atom. The maximum absolute atomic E-state index is 13.5. The Labute approximate surface area is 178 Å². The van der Waals surface area contributed by atoms with E-state index in [1.165, 1.54) is 0 Å². The predicted molar refractivity (Wildman–Crippen MR) is 105 cm³/mol. The Morgan fingerprint density at radius 3 is 2.69 bits per heavy atom. The normalized spacial score (nSPS) is 15.2. The highest BCUT2D eigenvalue weighted by Gasteiger charge is 2.38. The molecule has 0 aliphatic carbocycles. The van der Waals surface area contributed by atoms with Crippen molar-refractivity contribution in [1.29, 1.82) is 0 Å². The second-order valence-electron chi connectivity index (χ2n) is 6.47. The Morgan fingerprint density at radius 1 is 1.31 bits per heavy atom. The van der Waals surface area contributed by atoms with Gasteiger partial charge in [-0.15, -0.1) is 0 Å². The van der Waals surface area contributed by atoms with Gasteiger partial charge in [0.1, 0.15) is 0 Å². The summed E-state index contributed by atoms with van der Waals surface area (Å²) in [6.45, 7) is 1.43. The molecule has 2 N–H and O–H groups in total. The lowest BCUT2D eigenvalue weighted by molar-refractivity contribution is -0.141. The van der Waals surface area contributed by atoms with Crippen LogP contribution in [0.1, 0.15) is 28.9 Å². The smallest absolute Gasteiger partial charge is 0.381 e. The van der Waals surface area contributed by atoms with E-state index in [2.05, 4.69) is 36.5 Å². The third-order valence-electron chi connectivity index (χ3n) is 4.37. The van der Waals surface area contributed by atoms with Crippen LogP contribution in [-0.2, 0) is 10.9 Å². The van der Waals surface area contributed by atoms with Gasteiger partial charge >= 0.3 is 6.18 Å². The van der Waals surface area contributed by atoms with Crippen LogP contribution in [0.15, 0.2) is 28.9 Å². The molecule has 1 aromatic heterocycles. The van der Waals surface area contributed by atoms with Gasteiger partial charge in [0.2, 0.25) is 5.95 Å². The number of rotatable bonds is 5. The molecule has 0 spiro atoms. The summed E-state index contributed by atoms with van der Waals surface area (Å²) in [6, 6.07) is 4.81. The molecule has 1 aliphatic heterocycles. The summed E-state index contributed by atoms with van der Waals surface area (Å²) in [5.74, 6) is -1.01. The van der Waals surface area contributed by atoms with Crippen molar-refractivity contribution in [3.05, 3.63) is 45.1 Å². The number of nitrogens with zero attached hydrogens (tertiary/aromatic N) is 2. The van der Waals surface area contributed by atoms with Gasteiger partial charge in [0.15, 0.2) is 5.69 Å². The van der Waals surface area contributed by atoms with Crippen LogP contribution >= 0.6 is 27.5 Å². The molecule has 0 unspecified atom stereocenters. The number of carbonyl (C=O) groups excluding carboxylic acids is 1. The van der Waals surface area contributed by atoms with E-state index in [0.717, 1.165) is 19.0 Å². The number of anilines is 2. The Bertz CT molecular complexity index is 892. The van der Waals surface area contributed by atoms with Gasteiger partial charge in [0.05, 0.1) is 16.3 Å². The summed E-state index contributed by atoms with van der Waals surface area (Å²) >= 11 is 9.31. The lowest BCUT2D eigenvalue weighted by Crippen LogP contribution is -2.33. The van der Waals surface area contributed by atoms with Gasteiger partial charge in [0.25, 0.3) is 5.91 Å². The minimum absolute atomic E-state index is 0.170. The Hall–Kier alpha value is -1.91. The molecule has 1 amide bonds. The summed E-state index contributed by atoms with van der Waals surface area (Å²) in [5, 5.41) is 5.46. The summed E-state index contributed by atoms with van der Waals surface area (Å²) < 4.78 is 46.5. The summed E-state index contributed by atoms with van der Waals surface area (Å²) in [6.07, 6.45) is -2.46. The molecule has 0 atom stereocenters. The second-order valence-corrected chi connectivity index (χ2v) is 7.79. The number of ether oxygens (including phenoxy) is 1. The zero-order valence-electron chi connectivity index (χ0n) is 15.0. The molecular weight excluding hydrogens is 477 g/mol. The van der Waals surface area contributed by atoms with Crippen molar-refractivity contribution in [2.45, 2.75) is 19.0 Å². The van der Waals surface area contributed by atoms with E-state index in [1.807, 2.05) is 0 Å². The topological polar surface area (TPSA) is 76.1 Å². The van der Waals surface area contributed by atoms with Crippen LogP contribution in [0.25, 0.3) is 0 Å². The fraction of sp³-hybridized carbons (Fsp3) is 0.389. The van der Waals surface area contributed by atoms with Gasteiger partial charge in [-0.1, -0.05) is 27.5 Å². The fourth-order valence-corrected chi connectivity index (χ4v) is 3.54. The zero-order chi connectivity index (χ0) is 21.0. The maximum Gasteiger partial charge on any atom is 0.434 e. The van der Waals surface area contributed by atoms with Crippen molar-refractivity contribution in [3.63, 3.8) is 0 Å². The highest BCUT2D eigenvalue weighted by atomic mass is 79.9. The number of hydrogen-bond acceptors (Lipinski definition) is 5. The third-order valence-corrected chi connectivity index (χ3v) is 5.18. The minimum Gasteiger partial charge on any atom is -0.381 e. The van der Waals surface area contributed by atoms with Gasteiger partial charge in [-0.05, 0) is 37.0 Å². The van der Waals surface area contributed by atoms with Crippen LogP contribution in [0.3, 0.4) is 0 Å². The minimum atomic E-state index is -4.83. The van der Waals surface area contributed by atoms with E-state index >= 15 is 0 Å². The van der Waals surface area contributed by atoms with Crippen LogP contribution in [0.4, 0.5) is 24.8 Å². The molecule has 29 heavy (non-hydrogen) atoms. The fourth-order valence-electron chi connectivity index (χ4n) is 2.82. The van der Waals surface area contributed by atoms with E-state index in [1.54, 1.807) is 18.2 Å². The van der Waals surface area contributed by atoms with E-state index in [9.17, 15) is 18.0 Å². The molecule has 0 bridgehead atoms. The van der Waals surface area contributed by atoms with E-state index in [0.29, 0.717) is 23.4 Å². The first-order valence-corrected chi connectivity index (χ1v) is 9.93. The highest BCUT2D eigenvalue weighted by molar-refractivity contribution is 9.10. The molecule has 2 heterocycles. The van der Waals surface area contributed by atoms with Crippen LogP contribution in [0.2, 0.25) is 5.02 Å². The molecule has 6 nitrogen and oxygen atoms in total. The molecular formula is C18H17BrClF3N4O2. The van der Waals surface area contributed by atoms with E-state index in [4.69, 9.17) is 16.3 Å². The van der Waals surface area contributed by atoms with E-state index < -0.39 is 23.3 Å². The zero-order valence-corrected chi connectivity index (χ0v) is 17.4. The molecule has 0 saturated carbocycles. The molecule has 11 heteroatoms. The van der Waals surface area contributed by atoms with E-state index in [-0.39, 0.29) is 23.4 Å². The number of halogens is 5. The number of carbonyl (C=O) groups is 1. The SMILES string of the molecule is O=C(NCC1CCOCC1)c1cnc(Nc2ccc(Br)cc2Cl)nc1C(F)(F)F. The van der Waals surface area contributed by atoms with Crippen LogP contribution < -0.4 is 10.6 Å². The second kappa shape index (κ2) is 9.27. The monoisotopic (exact) mass is 492 g/mol. The molecule has 3 rings (SSSR count). The van der Waals surface area contributed by atoms with Gasteiger partial charge in [0, 0.05) is 30.4 Å². The summed E-state index contributed by atoms with van der Waals surface area (Å²) in [7, 11) is 0. The molecule has 1 aliphatic rings. The van der Waals surface area contributed by atoms with Crippen LogP contribution in [0.5, 0.6) is 0 Å². The first kappa shape index (κ1) is 21.8. The van der Waals surface area contributed by atoms with Crippen molar-refractivity contribution < 1.29 is 22.7 Å². The van der Waals surface area contributed by atoms with Gasteiger partial charge in [-0.3, -0.25) is 4.79 Å². The average Bonchev–Trinajstić information content (AvgIpc) is 2.68. The number of aromatic nitrogens is 2. The van der Waals surface area contributed by atoms with Crippen LogP contribution in [-0.4, -0.2) is 35.6 Å². The average molecular weight is 494 g/mol. The number of hydrogen-bond donors (Lipinski definition) is 2. The molecule has 1 saturated heterocycles. The van der Waals surface area contributed by atoms with Crippen molar-refractivity contribution in [2.24, 2.45) is 5.92 Å². The van der Waals surface area contributed by atoms with Gasteiger partial charge in [-0.2, -0.15) is 13.2 Å². The summed E-state index contributed by atoms with van der Waals surface area (Å²) in [4.78, 5) is 19.7. The maximum atomic E-state index is 13.5. The number of nitrogens with one attached hydrogen (secondary N) is 2. The number of benzene rings is 1. The Balaban J connectivity index is 1.79. The number of alkyl halides is 3. The standard InChI is InChI=1S/C18H17BrClF3N4O2/c19-11-1-2-14(13(20)7-11)26-17-25-9-12(15(27-17)18(21,22)23)16(28)24-8-10-3-5-29-6-4-10/h1-2,7,9-10H,3-6,8H2,(H,24,28)(H,25,26,27). The first-order valence-electron chi connectivity index (χ1n) is 8.76. The molecule has 1 fully saturated rings. The van der Waals surface area contributed by atoms with Crippen molar-refractivity contribution in [2.75, 3.05) is 25.1 Å². The van der Waals surface area contributed by atoms with Gasteiger partial charge in [-0.25, -0.2) is 9.97 Å². The highest BCUT2D eigenvalue weighted by Crippen LogP contribution is 2.32. The van der Waals surface area contributed by atoms with Gasteiger partial charge < -0.3 is 15.4 Å². The Kier molecular flexibility index (Phi) is 6.97. The summed E-state index contributed by atoms with van der Waals surface area (Å²) in [5.41, 5.74) is -1.61. The van der Waals surface area contributed by atoms with Crippen molar-refractivity contribution >= 4 is 45.1 Å². The lowest BCUT2D eigenvalue weighted by Gasteiger charge is -2.22. The third kappa shape index (κ3) is 5.80. The van der Waals surface area contributed by atoms with Crippen molar-refractivity contribution in [1.82, 2.24) is 15.3 Å². The van der Waals surface area contributed by atoms with Crippen LogP contribution in [0, 0.1) is 5.92 Å². The van der Waals surface area contributed by atoms with Crippen molar-refractivity contribution in [3.8, 4) is 0 Å². The lowest BCUT2D eigenvalue weighted by atomic mass is 10.0. The first-order chi connectivity index (χ1) is 13.7. The number of amides is 1. The molecule has 0 radical (unpaired) electrons. The quantitative estimate of drug-likeness (QED) is 0.625. The predicted octanol–water partition coefficient (Wildman–Crippen LogP) is 4.81. The molecule has 1 aromatic carbocycles. The molecule has 2 aromatic rings. The molecule has 156 valence electrons.